The van der Waals surface area contributed by atoms with Crippen LogP contribution in [0.3, 0.4) is 0 Å². The van der Waals surface area contributed by atoms with Crippen molar-refractivity contribution in [2.24, 2.45) is 5.73 Å². The van der Waals surface area contributed by atoms with E-state index in [1.165, 1.54) is 5.57 Å². The van der Waals surface area contributed by atoms with Crippen molar-refractivity contribution >= 4 is 23.1 Å². The lowest BCUT2D eigenvalue weighted by molar-refractivity contribution is -0.117. The van der Waals surface area contributed by atoms with E-state index in [9.17, 15) is 9.59 Å². The Morgan fingerprint density at radius 3 is 2.45 bits per heavy atom. The minimum absolute atomic E-state index is 0.0684. The highest BCUT2D eigenvalue weighted by atomic mass is 16.5. The number of allylic oxidation sites excluding steroid dienone is 4. The number of amides is 2. The predicted octanol–water partition coefficient (Wildman–Crippen LogP) is 4.61. The SMILES string of the molecule is C=CC(=CC=C(C)CCN(C)CCOCC)c1cc(C(=O)NCC(=C)C(=O)NC)c(C)c(N(C)C2CCC(N)CC2)c1. The summed E-state index contributed by atoms with van der Waals surface area (Å²) in [4.78, 5) is 29.9. The van der Waals surface area contributed by atoms with E-state index < -0.39 is 0 Å². The number of hydrogen-bond acceptors (Lipinski definition) is 6. The number of anilines is 1. The largest absolute Gasteiger partial charge is 0.380 e. The lowest BCUT2D eigenvalue weighted by Crippen LogP contribution is -2.39. The molecule has 1 fully saturated rings. The van der Waals surface area contributed by atoms with Crippen LogP contribution >= 0.6 is 0 Å². The van der Waals surface area contributed by atoms with Gasteiger partial charge < -0.3 is 30.9 Å². The van der Waals surface area contributed by atoms with Gasteiger partial charge in [-0.05, 0) is 88.8 Å². The van der Waals surface area contributed by atoms with Gasteiger partial charge in [0.2, 0.25) is 5.91 Å². The molecule has 0 heterocycles. The van der Waals surface area contributed by atoms with Crippen LogP contribution < -0.4 is 21.3 Å². The average Bonchev–Trinajstić information content (AvgIpc) is 2.99. The summed E-state index contributed by atoms with van der Waals surface area (Å²) >= 11 is 0. The van der Waals surface area contributed by atoms with Crippen molar-refractivity contribution in [3.05, 3.63) is 71.4 Å². The van der Waals surface area contributed by atoms with Gasteiger partial charge in [0.25, 0.3) is 5.91 Å². The van der Waals surface area contributed by atoms with Crippen molar-refractivity contribution in [3.63, 3.8) is 0 Å². The molecule has 8 heteroatoms. The molecule has 8 nitrogen and oxygen atoms in total. The van der Waals surface area contributed by atoms with Gasteiger partial charge in [-0.1, -0.05) is 37.0 Å². The summed E-state index contributed by atoms with van der Waals surface area (Å²) in [6.45, 7) is 17.4. The van der Waals surface area contributed by atoms with Gasteiger partial charge in [-0.25, -0.2) is 0 Å². The van der Waals surface area contributed by atoms with E-state index in [4.69, 9.17) is 10.5 Å². The Balaban J connectivity index is 2.38. The Bertz CT molecular complexity index is 1150. The standard InChI is InChI=1S/C34H53N5O3/c1-9-27(12-11-24(3)17-18-38(7)19-20-42-10-2)28-21-31(34(41)37-23-25(4)33(40)36-6)26(5)32(22-28)39(8)30-15-13-29(35)14-16-30/h9,11-12,21-22,29-30H,1,4,10,13-20,23,35H2,2-3,5-8H3,(H,36,40)(H,37,41). The molecule has 1 aliphatic carbocycles. The van der Waals surface area contributed by atoms with Crippen molar-refractivity contribution < 1.29 is 14.3 Å². The van der Waals surface area contributed by atoms with E-state index in [2.05, 4.69) is 72.8 Å². The number of ether oxygens (including phenoxy) is 1. The van der Waals surface area contributed by atoms with Gasteiger partial charge in [-0.3, -0.25) is 9.59 Å². The Morgan fingerprint density at radius 2 is 1.83 bits per heavy atom. The first-order valence-electron chi connectivity index (χ1n) is 15.1. The topological polar surface area (TPSA) is 99.9 Å². The van der Waals surface area contributed by atoms with Crippen LogP contribution in [0, 0.1) is 6.92 Å². The van der Waals surface area contributed by atoms with Gasteiger partial charge in [-0.15, -0.1) is 0 Å². The number of likely N-dealkylation sites (N-methyl/N-ethyl adjacent to an activating group) is 2. The number of carbonyl (C=O) groups excluding carboxylic acids is 2. The Labute approximate surface area is 253 Å². The fourth-order valence-electron chi connectivity index (χ4n) is 5.13. The summed E-state index contributed by atoms with van der Waals surface area (Å²) in [7, 11) is 5.76. The second kappa shape index (κ2) is 17.7. The first kappa shape index (κ1) is 35.0. The van der Waals surface area contributed by atoms with Crippen LogP contribution in [0.4, 0.5) is 5.69 Å². The van der Waals surface area contributed by atoms with Gasteiger partial charge in [-0.2, -0.15) is 0 Å². The van der Waals surface area contributed by atoms with Gasteiger partial charge in [0.15, 0.2) is 0 Å². The maximum atomic E-state index is 13.5. The maximum absolute atomic E-state index is 13.5. The molecule has 42 heavy (non-hydrogen) atoms. The highest BCUT2D eigenvalue weighted by Crippen LogP contribution is 2.33. The van der Waals surface area contributed by atoms with E-state index in [0.717, 1.165) is 80.8 Å². The van der Waals surface area contributed by atoms with E-state index in [1.54, 1.807) is 7.05 Å². The van der Waals surface area contributed by atoms with Gasteiger partial charge >= 0.3 is 0 Å². The second-order valence-corrected chi connectivity index (χ2v) is 11.3. The molecule has 0 radical (unpaired) electrons. The van der Waals surface area contributed by atoms with Crippen molar-refractivity contribution in [1.29, 1.82) is 0 Å². The molecule has 1 aromatic carbocycles. The molecule has 0 unspecified atom stereocenters. The normalized spacial score (nSPS) is 17.6. The van der Waals surface area contributed by atoms with E-state index in [-0.39, 0.29) is 24.4 Å². The monoisotopic (exact) mass is 579 g/mol. The Kier molecular flexibility index (Phi) is 14.7. The van der Waals surface area contributed by atoms with Crippen molar-refractivity contribution in [2.45, 2.75) is 65.0 Å². The minimum Gasteiger partial charge on any atom is -0.380 e. The average molecular weight is 580 g/mol. The number of nitrogens with two attached hydrogens (primary N) is 1. The summed E-state index contributed by atoms with van der Waals surface area (Å²) in [5, 5.41) is 5.43. The number of carbonyl (C=O) groups is 2. The van der Waals surface area contributed by atoms with Crippen LogP contribution in [0.1, 0.15) is 67.4 Å². The van der Waals surface area contributed by atoms with E-state index >= 15 is 0 Å². The summed E-state index contributed by atoms with van der Waals surface area (Å²) in [6, 6.07) is 4.68. The van der Waals surface area contributed by atoms with Crippen molar-refractivity contribution in [1.82, 2.24) is 15.5 Å². The van der Waals surface area contributed by atoms with Crippen LogP contribution in [-0.2, 0) is 9.53 Å². The van der Waals surface area contributed by atoms with Gasteiger partial charge in [0, 0.05) is 69.2 Å². The smallest absolute Gasteiger partial charge is 0.251 e. The molecule has 2 amide bonds. The molecule has 0 spiro atoms. The fourth-order valence-corrected chi connectivity index (χ4v) is 5.13. The fraction of sp³-hybridized carbons (Fsp3) is 0.529. The van der Waals surface area contributed by atoms with Crippen LogP contribution in [-0.4, -0.2) is 82.8 Å². The molecule has 1 aromatic rings. The summed E-state index contributed by atoms with van der Waals surface area (Å²) in [6.07, 6.45) is 11.0. The van der Waals surface area contributed by atoms with Crippen LogP contribution in [0.2, 0.25) is 0 Å². The third-order valence-electron chi connectivity index (χ3n) is 8.11. The lowest BCUT2D eigenvalue weighted by atomic mass is 9.89. The van der Waals surface area contributed by atoms with Crippen LogP contribution in [0.5, 0.6) is 0 Å². The van der Waals surface area contributed by atoms with Gasteiger partial charge in [0.05, 0.1) is 6.61 Å². The third-order valence-corrected chi connectivity index (χ3v) is 8.11. The molecule has 1 aliphatic rings. The lowest BCUT2D eigenvalue weighted by Gasteiger charge is -2.36. The first-order valence-corrected chi connectivity index (χ1v) is 15.1. The minimum atomic E-state index is -0.295. The number of rotatable bonds is 16. The van der Waals surface area contributed by atoms with Crippen molar-refractivity contribution in [2.75, 3.05) is 58.9 Å². The molecule has 0 aliphatic heterocycles. The zero-order valence-corrected chi connectivity index (χ0v) is 26.7. The van der Waals surface area contributed by atoms with Crippen LogP contribution in [0.25, 0.3) is 5.57 Å². The van der Waals surface area contributed by atoms with Gasteiger partial charge in [0.1, 0.15) is 0 Å². The van der Waals surface area contributed by atoms with E-state index in [0.29, 0.717) is 17.2 Å². The Morgan fingerprint density at radius 1 is 1.14 bits per heavy atom. The number of nitrogens with one attached hydrogen (secondary N) is 2. The zero-order valence-electron chi connectivity index (χ0n) is 26.7. The summed E-state index contributed by atoms with van der Waals surface area (Å²) in [5.74, 6) is -0.541. The molecule has 0 aromatic heterocycles. The highest BCUT2D eigenvalue weighted by Gasteiger charge is 2.25. The predicted molar refractivity (Wildman–Crippen MR) is 176 cm³/mol. The molecule has 4 N–H and O–H groups in total. The molecule has 1 saturated carbocycles. The Hall–Kier alpha value is -3.20. The number of nitrogens with zero attached hydrogens (tertiary/aromatic N) is 2. The molecular weight excluding hydrogens is 526 g/mol. The molecular formula is C34H53N5O3. The number of hydrogen-bond donors (Lipinski definition) is 3. The van der Waals surface area contributed by atoms with Crippen LogP contribution in [0.15, 0.2) is 54.7 Å². The zero-order chi connectivity index (χ0) is 31.2. The first-order chi connectivity index (χ1) is 20.0. The quantitative estimate of drug-likeness (QED) is 0.150. The molecule has 0 saturated heterocycles. The summed E-state index contributed by atoms with van der Waals surface area (Å²) < 4.78 is 5.46. The summed E-state index contributed by atoms with van der Waals surface area (Å²) in [5.41, 5.74) is 12.1. The highest BCUT2D eigenvalue weighted by molar-refractivity contribution is 6.00. The number of benzene rings is 1. The molecule has 0 atom stereocenters. The second-order valence-electron chi connectivity index (χ2n) is 11.3. The maximum Gasteiger partial charge on any atom is 0.251 e. The van der Waals surface area contributed by atoms with E-state index in [1.807, 2.05) is 26.0 Å². The molecule has 2 rings (SSSR count). The van der Waals surface area contributed by atoms with Crippen molar-refractivity contribution in [3.8, 4) is 0 Å². The molecule has 232 valence electrons. The third kappa shape index (κ3) is 10.6. The molecule has 0 bridgehead atoms.